The number of benzene rings is 1. The standard InChI is InChI=1S/C12H19NOP/c1-5-13(6-2)15(14)12-9-7-8-10(3)11(12)4/h7-9H,5-6H2,1-4H3/q+1. The zero-order valence-electron chi connectivity index (χ0n) is 9.95. The monoisotopic (exact) mass is 224 g/mol. The minimum absolute atomic E-state index is 0.832. The Morgan fingerprint density at radius 2 is 1.80 bits per heavy atom. The van der Waals surface area contributed by atoms with Crippen LogP contribution in [0.2, 0.25) is 0 Å². The first-order chi connectivity index (χ1) is 7.11. The van der Waals surface area contributed by atoms with Crippen LogP contribution in [0.25, 0.3) is 0 Å². The Morgan fingerprint density at radius 3 is 2.33 bits per heavy atom. The highest BCUT2D eigenvalue weighted by atomic mass is 31.1. The SMILES string of the molecule is CCN(CC)[P+](=O)c1cccc(C)c1C. The van der Waals surface area contributed by atoms with Gasteiger partial charge in [-0.05, 0) is 43.9 Å². The Kier molecular flexibility index (Phi) is 4.44. The smallest absolute Gasteiger partial charge is 0.0924 e. The second-order valence-corrected chi connectivity index (χ2v) is 5.22. The van der Waals surface area contributed by atoms with Gasteiger partial charge >= 0.3 is 7.95 Å². The van der Waals surface area contributed by atoms with Gasteiger partial charge in [0.15, 0.2) is 0 Å². The first-order valence-electron chi connectivity index (χ1n) is 5.40. The molecule has 2 nitrogen and oxygen atoms in total. The molecule has 1 aromatic rings. The minimum atomic E-state index is -1.39. The maximum atomic E-state index is 12.3. The summed E-state index contributed by atoms with van der Waals surface area (Å²) >= 11 is 0. The van der Waals surface area contributed by atoms with Crippen molar-refractivity contribution in [1.29, 1.82) is 0 Å². The van der Waals surface area contributed by atoms with Crippen molar-refractivity contribution < 1.29 is 4.57 Å². The van der Waals surface area contributed by atoms with Crippen molar-refractivity contribution in [2.75, 3.05) is 13.1 Å². The first kappa shape index (κ1) is 12.4. The zero-order valence-corrected chi connectivity index (χ0v) is 10.8. The maximum Gasteiger partial charge on any atom is 0.474 e. The quantitative estimate of drug-likeness (QED) is 0.733. The number of aryl methyl sites for hydroxylation is 1. The maximum absolute atomic E-state index is 12.3. The summed E-state index contributed by atoms with van der Waals surface area (Å²) in [6.07, 6.45) is 0. The molecule has 0 spiro atoms. The number of nitrogens with zero attached hydrogens (tertiary/aromatic N) is 1. The Morgan fingerprint density at radius 1 is 1.20 bits per heavy atom. The molecule has 3 heteroatoms. The largest absolute Gasteiger partial charge is 0.474 e. The van der Waals surface area contributed by atoms with Gasteiger partial charge in [0.1, 0.15) is 0 Å². The van der Waals surface area contributed by atoms with E-state index in [0.717, 1.165) is 24.0 Å². The molecule has 0 amide bonds. The average Bonchev–Trinajstić information content (AvgIpc) is 2.23. The van der Waals surface area contributed by atoms with Crippen LogP contribution >= 0.6 is 7.95 Å². The van der Waals surface area contributed by atoms with Gasteiger partial charge in [-0.1, -0.05) is 16.8 Å². The molecule has 0 aliphatic rings. The average molecular weight is 224 g/mol. The summed E-state index contributed by atoms with van der Waals surface area (Å²) in [6.45, 7) is 9.85. The molecular formula is C12H19NOP+. The lowest BCUT2D eigenvalue weighted by Gasteiger charge is -2.06. The molecule has 0 aliphatic carbocycles. The van der Waals surface area contributed by atoms with Gasteiger partial charge in [0.25, 0.3) is 0 Å². The van der Waals surface area contributed by atoms with Crippen LogP contribution < -0.4 is 5.30 Å². The Bertz CT molecular complexity index is 359. The van der Waals surface area contributed by atoms with Crippen LogP contribution in [0.3, 0.4) is 0 Å². The van der Waals surface area contributed by atoms with Crippen LogP contribution in [0.1, 0.15) is 25.0 Å². The number of rotatable bonds is 4. The molecular weight excluding hydrogens is 205 g/mol. The predicted octanol–water partition coefficient (Wildman–Crippen LogP) is 3.01. The molecule has 15 heavy (non-hydrogen) atoms. The number of hydrogen-bond donors (Lipinski definition) is 0. The van der Waals surface area contributed by atoms with Crippen molar-refractivity contribution in [1.82, 2.24) is 4.67 Å². The topological polar surface area (TPSA) is 20.3 Å². The molecule has 1 aromatic carbocycles. The van der Waals surface area contributed by atoms with E-state index in [1.54, 1.807) is 0 Å². The van der Waals surface area contributed by atoms with Crippen LogP contribution in [0, 0.1) is 13.8 Å². The van der Waals surface area contributed by atoms with Gasteiger partial charge in [-0.15, -0.1) is 0 Å². The van der Waals surface area contributed by atoms with Gasteiger partial charge in [0.05, 0.1) is 0 Å². The second-order valence-electron chi connectivity index (χ2n) is 3.63. The summed E-state index contributed by atoms with van der Waals surface area (Å²) in [5.74, 6) is 0. The Balaban J connectivity index is 3.05. The Hall–Kier alpha value is -0.720. The van der Waals surface area contributed by atoms with E-state index in [-0.39, 0.29) is 0 Å². The summed E-state index contributed by atoms with van der Waals surface area (Å²) in [7, 11) is -1.39. The van der Waals surface area contributed by atoms with Crippen LogP contribution in [0.5, 0.6) is 0 Å². The molecule has 0 N–H and O–H groups in total. The van der Waals surface area contributed by atoms with Gasteiger partial charge in [0.2, 0.25) is 5.30 Å². The summed E-state index contributed by atoms with van der Waals surface area (Å²) in [5.41, 5.74) is 2.37. The number of hydrogen-bond acceptors (Lipinski definition) is 1. The third-order valence-electron chi connectivity index (χ3n) is 2.77. The summed E-state index contributed by atoms with van der Waals surface area (Å²) in [5, 5.41) is 0.980. The van der Waals surface area contributed by atoms with E-state index in [1.165, 1.54) is 5.56 Å². The molecule has 1 atom stereocenters. The van der Waals surface area contributed by atoms with E-state index < -0.39 is 7.95 Å². The van der Waals surface area contributed by atoms with Crippen LogP contribution in [-0.2, 0) is 4.57 Å². The highest BCUT2D eigenvalue weighted by Crippen LogP contribution is 2.27. The molecule has 1 unspecified atom stereocenters. The van der Waals surface area contributed by atoms with Gasteiger partial charge in [-0.3, -0.25) is 0 Å². The highest BCUT2D eigenvalue weighted by Gasteiger charge is 2.29. The van der Waals surface area contributed by atoms with Crippen molar-refractivity contribution in [3.63, 3.8) is 0 Å². The van der Waals surface area contributed by atoms with E-state index >= 15 is 0 Å². The molecule has 0 aromatic heterocycles. The van der Waals surface area contributed by atoms with Crippen molar-refractivity contribution in [3.8, 4) is 0 Å². The molecule has 0 fully saturated rings. The summed E-state index contributed by atoms with van der Waals surface area (Å²) < 4.78 is 14.3. The third-order valence-corrected chi connectivity index (χ3v) is 4.75. The van der Waals surface area contributed by atoms with E-state index in [4.69, 9.17) is 0 Å². The first-order valence-corrected chi connectivity index (χ1v) is 6.61. The lowest BCUT2D eigenvalue weighted by molar-refractivity contribution is 0.467. The van der Waals surface area contributed by atoms with Gasteiger partial charge in [-0.2, -0.15) is 0 Å². The molecule has 0 saturated carbocycles. The van der Waals surface area contributed by atoms with E-state index in [2.05, 4.69) is 13.0 Å². The van der Waals surface area contributed by atoms with E-state index in [9.17, 15) is 4.57 Å². The molecule has 0 radical (unpaired) electrons. The Labute approximate surface area is 93.1 Å². The lowest BCUT2D eigenvalue weighted by Crippen LogP contribution is -2.20. The molecule has 1 rings (SSSR count). The van der Waals surface area contributed by atoms with Crippen molar-refractivity contribution in [2.24, 2.45) is 0 Å². The van der Waals surface area contributed by atoms with Crippen LogP contribution in [0.4, 0.5) is 0 Å². The molecule has 0 saturated heterocycles. The van der Waals surface area contributed by atoms with Crippen molar-refractivity contribution in [3.05, 3.63) is 29.3 Å². The van der Waals surface area contributed by atoms with Gasteiger partial charge < -0.3 is 0 Å². The van der Waals surface area contributed by atoms with E-state index in [1.807, 2.05) is 37.6 Å². The molecule has 0 bridgehead atoms. The second kappa shape index (κ2) is 5.39. The molecule has 0 heterocycles. The highest BCUT2D eigenvalue weighted by molar-refractivity contribution is 7.51. The van der Waals surface area contributed by atoms with E-state index in [0.29, 0.717) is 0 Å². The normalized spacial score (nSPS) is 11.9. The van der Waals surface area contributed by atoms with Gasteiger partial charge in [0, 0.05) is 18.7 Å². The zero-order chi connectivity index (χ0) is 11.4. The molecule has 82 valence electrons. The third kappa shape index (κ3) is 2.64. The summed E-state index contributed by atoms with van der Waals surface area (Å²) in [4.78, 5) is 0. The van der Waals surface area contributed by atoms with Crippen molar-refractivity contribution in [2.45, 2.75) is 27.7 Å². The predicted molar refractivity (Wildman–Crippen MR) is 66.1 cm³/mol. The lowest BCUT2D eigenvalue weighted by atomic mass is 10.1. The minimum Gasteiger partial charge on any atom is -0.0924 e. The summed E-state index contributed by atoms with van der Waals surface area (Å²) in [6, 6.07) is 6.01. The molecule has 0 aliphatic heterocycles. The van der Waals surface area contributed by atoms with Gasteiger partial charge in [-0.25, -0.2) is 0 Å². The van der Waals surface area contributed by atoms with Crippen LogP contribution in [0.15, 0.2) is 18.2 Å². The van der Waals surface area contributed by atoms with Crippen LogP contribution in [-0.4, -0.2) is 17.8 Å². The fourth-order valence-electron chi connectivity index (χ4n) is 1.58. The van der Waals surface area contributed by atoms with Crippen molar-refractivity contribution >= 4 is 13.3 Å². The fraction of sp³-hybridized carbons (Fsp3) is 0.500. The fourth-order valence-corrected chi connectivity index (χ4v) is 3.07.